The van der Waals surface area contributed by atoms with E-state index < -0.39 is 29.8 Å². The van der Waals surface area contributed by atoms with E-state index >= 15 is 0 Å². The number of carboxylic acids is 1. The number of carbonyl (C=O) groups is 1. The van der Waals surface area contributed by atoms with Gasteiger partial charge in [0.1, 0.15) is 18.2 Å². The van der Waals surface area contributed by atoms with E-state index in [4.69, 9.17) is 23.2 Å². The predicted octanol–water partition coefficient (Wildman–Crippen LogP) is 2.34. The molecule has 4 N–H and O–H groups in total. The van der Waals surface area contributed by atoms with Crippen LogP contribution in [0.4, 0.5) is 0 Å². The molecule has 1 aromatic carbocycles. The molecule has 1 aliphatic rings. The number of hydrogen-bond donors (Lipinski definition) is 4. The van der Waals surface area contributed by atoms with Crippen molar-refractivity contribution in [1.82, 2.24) is 14.9 Å². The first-order chi connectivity index (χ1) is 13.7. The monoisotopic (exact) mass is 441 g/mol. The van der Waals surface area contributed by atoms with Crippen molar-refractivity contribution in [2.45, 2.75) is 57.0 Å². The summed E-state index contributed by atoms with van der Waals surface area (Å²) in [5.41, 5.74) is 0.409. The summed E-state index contributed by atoms with van der Waals surface area (Å²) in [6.07, 6.45) is 1.75. The maximum absolute atomic E-state index is 11.7. The molecule has 1 aliphatic carbocycles. The van der Waals surface area contributed by atoms with E-state index in [2.05, 4.69) is 10.3 Å². The van der Waals surface area contributed by atoms with Gasteiger partial charge in [0.2, 0.25) is 0 Å². The number of rotatable bonds is 9. The van der Waals surface area contributed by atoms with Gasteiger partial charge in [-0.1, -0.05) is 49.2 Å². The average Bonchev–Trinajstić information content (AvgIpc) is 2.95. The molecule has 1 aromatic heterocycles. The first-order valence-electron chi connectivity index (χ1n) is 9.44. The minimum Gasteiger partial charge on any atom is -0.480 e. The van der Waals surface area contributed by atoms with Gasteiger partial charge in [0.15, 0.2) is 0 Å². The Hall–Kier alpha value is -1.64. The number of aliphatic hydroxyl groups excluding tert-OH is 2. The average molecular weight is 442 g/mol. The van der Waals surface area contributed by atoms with Gasteiger partial charge in [-0.05, 0) is 24.0 Å². The molecule has 3 rings (SSSR count). The van der Waals surface area contributed by atoms with Gasteiger partial charge >= 0.3 is 5.97 Å². The molecule has 1 saturated carbocycles. The Kier molecular flexibility index (Phi) is 6.55. The second-order valence-corrected chi connectivity index (χ2v) is 8.78. The number of halogens is 2. The van der Waals surface area contributed by atoms with E-state index in [1.54, 1.807) is 24.7 Å². The Balaban J connectivity index is 1.82. The van der Waals surface area contributed by atoms with Crippen molar-refractivity contribution < 1.29 is 20.1 Å². The van der Waals surface area contributed by atoms with Crippen molar-refractivity contribution in [3.63, 3.8) is 0 Å². The first-order valence-corrected chi connectivity index (χ1v) is 10.2. The van der Waals surface area contributed by atoms with Crippen molar-refractivity contribution >= 4 is 29.2 Å². The third kappa shape index (κ3) is 4.59. The van der Waals surface area contributed by atoms with Crippen molar-refractivity contribution in [3.8, 4) is 0 Å². The van der Waals surface area contributed by atoms with Crippen LogP contribution in [0.5, 0.6) is 0 Å². The highest BCUT2D eigenvalue weighted by atomic mass is 35.5. The lowest BCUT2D eigenvalue weighted by Crippen LogP contribution is -2.50. The molecular weight excluding hydrogens is 417 g/mol. The molecule has 0 saturated heterocycles. The SMILES string of the molecule is CC(C)CC(NC1(Cc2cncn2Cc2cccc(Cl)c2Cl)C(O)C1O)C(=O)O. The van der Waals surface area contributed by atoms with Crippen molar-refractivity contribution in [1.29, 1.82) is 0 Å². The molecule has 0 radical (unpaired) electrons. The highest BCUT2D eigenvalue weighted by Crippen LogP contribution is 2.41. The zero-order valence-electron chi connectivity index (χ0n) is 16.2. The number of carboxylic acid groups (broad SMARTS) is 1. The smallest absolute Gasteiger partial charge is 0.320 e. The van der Waals surface area contributed by atoms with E-state index in [1.165, 1.54) is 0 Å². The molecule has 1 heterocycles. The van der Waals surface area contributed by atoms with Crippen LogP contribution < -0.4 is 5.32 Å². The highest BCUT2D eigenvalue weighted by molar-refractivity contribution is 6.42. The van der Waals surface area contributed by atoms with Crippen molar-refractivity contribution in [2.24, 2.45) is 5.92 Å². The molecule has 29 heavy (non-hydrogen) atoms. The molecule has 2 aromatic rings. The first kappa shape index (κ1) is 22.1. The molecule has 0 aliphatic heterocycles. The number of nitrogens with zero attached hydrogens (tertiary/aromatic N) is 2. The predicted molar refractivity (Wildman–Crippen MR) is 110 cm³/mol. The molecule has 3 atom stereocenters. The number of aliphatic hydroxyl groups is 2. The van der Waals surface area contributed by atoms with Crippen LogP contribution in [0.3, 0.4) is 0 Å². The minimum absolute atomic E-state index is 0.143. The number of aliphatic carboxylic acids is 1. The van der Waals surface area contributed by atoms with Gasteiger partial charge in [0, 0.05) is 18.3 Å². The lowest BCUT2D eigenvalue weighted by Gasteiger charge is -2.25. The fourth-order valence-corrected chi connectivity index (χ4v) is 4.02. The molecular formula is C20H25Cl2N3O4. The quantitative estimate of drug-likeness (QED) is 0.475. The van der Waals surface area contributed by atoms with E-state index in [1.807, 2.05) is 24.5 Å². The summed E-state index contributed by atoms with van der Waals surface area (Å²) in [5, 5.41) is 34.0. The molecule has 9 heteroatoms. The minimum atomic E-state index is -1.13. The summed E-state index contributed by atoms with van der Waals surface area (Å²) in [6.45, 7) is 4.26. The standard InChI is InChI=1S/C20H25Cl2N3O4/c1-11(2)6-15(19(28)29)24-20(17(26)18(20)27)7-13-8-23-10-25(13)9-12-4-3-5-14(21)16(12)22/h3-5,8,10-11,15,17-18,24,26-27H,6-7,9H2,1-2H3,(H,28,29). The zero-order valence-corrected chi connectivity index (χ0v) is 17.7. The molecule has 0 bridgehead atoms. The fraction of sp³-hybridized carbons (Fsp3) is 0.500. The van der Waals surface area contributed by atoms with Gasteiger partial charge in [-0.15, -0.1) is 0 Å². The Bertz CT molecular complexity index is 878. The number of aromatic nitrogens is 2. The fourth-order valence-electron chi connectivity index (χ4n) is 3.64. The molecule has 0 amide bonds. The lowest BCUT2D eigenvalue weighted by atomic mass is 10.0. The van der Waals surface area contributed by atoms with E-state index in [9.17, 15) is 20.1 Å². The summed E-state index contributed by atoms with van der Waals surface area (Å²) >= 11 is 12.4. The van der Waals surface area contributed by atoms with Crippen LogP contribution in [0.15, 0.2) is 30.7 Å². The molecule has 7 nitrogen and oxygen atoms in total. The van der Waals surface area contributed by atoms with Crippen LogP contribution in [0.1, 0.15) is 31.5 Å². The maximum Gasteiger partial charge on any atom is 0.320 e. The van der Waals surface area contributed by atoms with Crippen molar-refractivity contribution in [2.75, 3.05) is 0 Å². The van der Waals surface area contributed by atoms with Crippen LogP contribution >= 0.6 is 23.2 Å². The van der Waals surface area contributed by atoms with Gasteiger partial charge in [-0.25, -0.2) is 4.98 Å². The summed E-state index contributed by atoms with van der Waals surface area (Å²) in [6, 6.07) is 4.50. The zero-order chi connectivity index (χ0) is 21.3. The van der Waals surface area contributed by atoms with Crippen LogP contribution in [-0.2, 0) is 17.8 Å². The number of benzene rings is 1. The number of hydrogen-bond acceptors (Lipinski definition) is 5. The van der Waals surface area contributed by atoms with E-state index in [0.717, 1.165) is 11.3 Å². The Morgan fingerprint density at radius 2 is 2.00 bits per heavy atom. The number of nitrogens with one attached hydrogen (secondary N) is 1. The Morgan fingerprint density at radius 1 is 1.31 bits per heavy atom. The summed E-state index contributed by atoms with van der Waals surface area (Å²) < 4.78 is 1.84. The Morgan fingerprint density at radius 3 is 2.59 bits per heavy atom. The molecule has 1 fully saturated rings. The van der Waals surface area contributed by atoms with Gasteiger partial charge in [0.05, 0.1) is 28.5 Å². The highest BCUT2D eigenvalue weighted by Gasteiger charge is 2.65. The summed E-state index contributed by atoms with van der Waals surface area (Å²) in [5.74, 6) is -0.868. The third-order valence-corrected chi connectivity index (χ3v) is 6.20. The number of imidazole rings is 1. The second-order valence-electron chi connectivity index (χ2n) is 8.00. The van der Waals surface area contributed by atoms with Crippen LogP contribution in [-0.4, -0.2) is 54.6 Å². The topological polar surface area (TPSA) is 108 Å². The van der Waals surface area contributed by atoms with E-state index in [-0.39, 0.29) is 12.3 Å². The van der Waals surface area contributed by atoms with Crippen LogP contribution in [0.25, 0.3) is 0 Å². The lowest BCUT2D eigenvalue weighted by molar-refractivity contribution is -0.140. The van der Waals surface area contributed by atoms with Gasteiger partial charge in [-0.3, -0.25) is 10.1 Å². The van der Waals surface area contributed by atoms with Gasteiger partial charge in [-0.2, -0.15) is 0 Å². The molecule has 0 spiro atoms. The summed E-state index contributed by atoms with van der Waals surface area (Å²) in [7, 11) is 0. The molecule has 3 unspecified atom stereocenters. The van der Waals surface area contributed by atoms with Gasteiger partial charge in [0.25, 0.3) is 0 Å². The van der Waals surface area contributed by atoms with Crippen LogP contribution in [0, 0.1) is 5.92 Å². The maximum atomic E-state index is 11.7. The molecule has 158 valence electrons. The summed E-state index contributed by atoms with van der Waals surface area (Å²) in [4.78, 5) is 15.8. The third-order valence-electron chi connectivity index (χ3n) is 5.34. The van der Waals surface area contributed by atoms with Gasteiger partial charge < -0.3 is 19.9 Å². The normalized spacial score (nSPS) is 24.7. The van der Waals surface area contributed by atoms with E-state index in [0.29, 0.717) is 23.0 Å². The second kappa shape index (κ2) is 8.62. The Labute approximate surface area is 179 Å². The largest absolute Gasteiger partial charge is 0.480 e. The van der Waals surface area contributed by atoms with Crippen LogP contribution in [0.2, 0.25) is 10.0 Å². The van der Waals surface area contributed by atoms with Crippen molar-refractivity contribution in [3.05, 3.63) is 52.0 Å².